The molecular formula is C26H26N2O2S3. The summed E-state index contributed by atoms with van der Waals surface area (Å²) in [4.78, 5) is 22.3. The summed E-state index contributed by atoms with van der Waals surface area (Å²) >= 11 is 5.06. The zero-order chi connectivity index (χ0) is 23.0. The fraction of sp³-hybridized carbons (Fsp3) is 0.231. The Hall–Kier alpha value is -2.48. The van der Waals surface area contributed by atoms with Crippen LogP contribution < -0.4 is 9.64 Å². The van der Waals surface area contributed by atoms with Gasteiger partial charge in [0.05, 0.1) is 23.9 Å². The summed E-state index contributed by atoms with van der Waals surface area (Å²) in [7, 11) is 1.67. The zero-order valence-corrected chi connectivity index (χ0v) is 21.1. The molecule has 3 aromatic carbocycles. The molecule has 0 bridgehead atoms. The van der Waals surface area contributed by atoms with Gasteiger partial charge in [0.15, 0.2) is 5.13 Å². The molecule has 0 saturated carbocycles. The second-order valence-corrected chi connectivity index (χ2v) is 10.5. The van der Waals surface area contributed by atoms with Crippen LogP contribution in [0.5, 0.6) is 5.75 Å². The summed E-state index contributed by atoms with van der Waals surface area (Å²) in [5.74, 6) is 1.85. The lowest BCUT2D eigenvalue weighted by Crippen LogP contribution is -2.30. The third-order valence-electron chi connectivity index (χ3n) is 5.16. The number of aromatic nitrogens is 1. The number of hydrogen-bond donors (Lipinski definition) is 0. The van der Waals surface area contributed by atoms with Crippen LogP contribution >= 0.6 is 34.9 Å². The lowest BCUT2D eigenvalue weighted by molar-refractivity contribution is -0.118. The highest BCUT2D eigenvalue weighted by Gasteiger charge is 2.20. The van der Waals surface area contributed by atoms with Crippen molar-refractivity contribution in [3.05, 3.63) is 78.4 Å². The van der Waals surface area contributed by atoms with Crippen molar-refractivity contribution in [1.82, 2.24) is 4.98 Å². The van der Waals surface area contributed by atoms with E-state index in [1.54, 1.807) is 42.0 Å². The smallest absolute Gasteiger partial charge is 0.229 e. The van der Waals surface area contributed by atoms with E-state index in [9.17, 15) is 4.79 Å². The first-order valence-electron chi connectivity index (χ1n) is 10.7. The van der Waals surface area contributed by atoms with E-state index in [0.717, 1.165) is 38.8 Å². The fourth-order valence-corrected chi connectivity index (χ4v) is 5.77. The molecule has 1 heterocycles. The minimum absolute atomic E-state index is 0.110. The number of benzene rings is 3. The predicted molar refractivity (Wildman–Crippen MR) is 142 cm³/mol. The molecular weight excluding hydrogens is 468 g/mol. The molecule has 0 radical (unpaired) electrons. The van der Waals surface area contributed by atoms with Gasteiger partial charge in [-0.1, -0.05) is 41.7 Å². The molecule has 0 atom stereocenters. The molecule has 0 spiro atoms. The maximum atomic E-state index is 13.3. The van der Waals surface area contributed by atoms with Crippen molar-refractivity contribution in [2.24, 2.45) is 0 Å². The maximum Gasteiger partial charge on any atom is 0.229 e. The summed E-state index contributed by atoms with van der Waals surface area (Å²) in [5.41, 5.74) is 2.04. The molecule has 4 rings (SSSR count). The lowest BCUT2D eigenvalue weighted by Gasteiger charge is -2.20. The topological polar surface area (TPSA) is 42.4 Å². The average Bonchev–Trinajstić information content (AvgIpc) is 3.29. The summed E-state index contributed by atoms with van der Waals surface area (Å²) < 4.78 is 6.32. The van der Waals surface area contributed by atoms with Gasteiger partial charge in [0, 0.05) is 16.2 Å². The van der Waals surface area contributed by atoms with Crippen LogP contribution in [0.2, 0.25) is 0 Å². The molecule has 1 amide bonds. The first kappa shape index (κ1) is 23.7. The molecule has 0 fully saturated rings. The Kier molecular flexibility index (Phi) is 8.31. The summed E-state index contributed by atoms with van der Waals surface area (Å²) in [6.45, 7) is 0.528. The highest BCUT2D eigenvalue weighted by molar-refractivity contribution is 7.99. The number of ether oxygens (including phenoxy) is 1. The van der Waals surface area contributed by atoms with Gasteiger partial charge < -0.3 is 4.74 Å². The van der Waals surface area contributed by atoms with Crippen LogP contribution in [0.4, 0.5) is 5.13 Å². The zero-order valence-electron chi connectivity index (χ0n) is 18.7. The summed E-state index contributed by atoms with van der Waals surface area (Å²) in [6, 6.07) is 24.4. The molecule has 33 heavy (non-hydrogen) atoms. The number of methoxy groups -OCH3 is 1. The van der Waals surface area contributed by atoms with Gasteiger partial charge >= 0.3 is 0 Å². The van der Waals surface area contributed by atoms with Crippen molar-refractivity contribution in [1.29, 1.82) is 0 Å². The first-order valence-corrected chi connectivity index (χ1v) is 13.7. The third-order valence-corrected chi connectivity index (χ3v) is 8.03. The van der Waals surface area contributed by atoms with E-state index in [4.69, 9.17) is 9.72 Å². The van der Waals surface area contributed by atoms with Gasteiger partial charge in [0.1, 0.15) is 5.75 Å². The van der Waals surface area contributed by atoms with E-state index in [1.165, 1.54) is 9.79 Å². The Morgan fingerprint density at radius 2 is 1.79 bits per heavy atom. The molecule has 4 nitrogen and oxygen atoms in total. The largest absolute Gasteiger partial charge is 0.497 e. The lowest BCUT2D eigenvalue weighted by atomic mass is 10.2. The van der Waals surface area contributed by atoms with Crippen LogP contribution in [0, 0.1) is 0 Å². The van der Waals surface area contributed by atoms with Crippen LogP contribution in [0.25, 0.3) is 10.2 Å². The highest BCUT2D eigenvalue weighted by Crippen LogP contribution is 2.33. The fourth-order valence-electron chi connectivity index (χ4n) is 3.38. The predicted octanol–water partition coefficient (Wildman–Crippen LogP) is 7.13. The molecule has 0 unspecified atom stereocenters. The van der Waals surface area contributed by atoms with Crippen LogP contribution in [0.1, 0.15) is 18.4 Å². The number of hydrogen-bond acceptors (Lipinski definition) is 6. The van der Waals surface area contributed by atoms with E-state index in [-0.39, 0.29) is 5.91 Å². The van der Waals surface area contributed by atoms with Crippen LogP contribution in [0.15, 0.2) is 82.6 Å². The molecule has 0 aliphatic carbocycles. The molecule has 0 N–H and O–H groups in total. The second-order valence-electron chi connectivity index (χ2n) is 7.42. The number of thioether (sulfide) groups is 2. The normalized spacial score (nSPS) is 11.0. The molecule has 7 heteroatoms. The molecule has 0 aliphatic rings. The Labute approximate surface area is 207 Å². The van der Waals surface area contributed by atoms with Crippen molar-refractivity contribution >= 4 is 56.1 Å². The van der Waals surface area contributed by atoms with Crippen molar-refractivity contribution in [3.63, 3.8) is 0 Å². The van der Waals surface area contributed by atoms with E-state index < -0.39 is 0 Å². The Bertz CT molecular complexity index is 1190. The molecule has 1 aromatic heterocycles. The molecule has 0 saturated heterocycles. The van der Waals surface area contributed by atoms with Crippen molar-refractivity contribution in [3.8, 4) is 5.75 Å². The van der Waals surface area contributed by atoms with Gasteiger partial charge in [-0.3, -0.25) is 9.69 Å². The van der Waals surface area contributed by atoms with Gasteiger partial charge in [-0.15, -0.1) is 23.5 Å². The summed E-state index contributed by atoms with van der Waals surface area (Å²) in [6.07, 6.45) is 3.36. The van der Waals surface area contributed by atoms with E-state index in [2.05, 4.69) is 42.7 Å². The first-order chi connectivity index (χ1) is 16.2. The summed E-state index contributed by atoms with van der Waals surface area (Å²) in [5, 5.41) is 0.764. The van der Waals surface area contributed by atoms with Crippen LogP contribution in [-0.4, -0.2) is 30.0 Å². The third kappa shape index (κ3) is 6.31. The minimum atomic E-state index is 0.110. The SMILES string of the molecule is COc1ccc(SCCCC(=O)N(Cc2ccccc2)c2nc3ccc(SC)cc3s2)cc1. The minimum Gasteiger partial charge on any atom is -0.497 e. The van der Waals surface area contributed by atoms with E-state index in [1.807, 2.05) is 41.3 Å². The number of anilines is 1. The van der Waals surface area contributed by atoms with Crippen LogP contribution in [-0.2, 0) is 11.3 Å². The molecule has 0 aliphatic heterocycles. The monoisotopic (exact) mass is 494 g/mol. The number of nitrogens with zero attached hydrogens (tertiary/aromatic N) is 2. The number of carbonyl (C=O) groups excluding carboxylic acids is 1. The van der Waals surface area contributed by atoms with E-state index >= 15 is 0 Å². The number of carbonyl (C=O) groups is 1. The average molecular weight is 495 g/mol. The standard InChI is InChI=1S/C26H26N2O2S3/c1-30-20-10-12-21(13-11-20)32-16-6-9-25(29)28(18-19-7-4-3-5-8-19)26-27-23-15-14-22(31-2)17-24(23)33-26/h3-5,7-8,10-15,17H,6,9,16,18H2,1-2H3. The number of amides is 1. The van der Waals surface area contributed by atoms with Gasteiger partial charge in [-0.2, -0.15) is 0 Å². The Balaban J connectivity index is 1.45. The molecule has 4 aromatic rings. The van der Waals surface area contributed by atoms with Crippen molar-refractivity contribution < 1.29 is 9.53 Å². The van der Waals surface area contributed by atoms with Gasteiger partial charge in [0.2, 0.25) is 5.91 Å². The van der Waals surface area contributed by atoms with E-state index in [0.29, 0.717) is 13.0 Å². The van der Waals surface area contributed by atoms with Gasteiger partial charge in [-0.25, -0.2) is 4.98 Å². The van der Waals surface area contributed by atoms with Gasteiger partial charge in [0.25, 0.3) is 0 Å². The number of thiazole rings is 1. The number of fused-ring (bicyclic) bond motifs is 1. The quantitative estimate of drug-likeness (QED) is 0.173. The maximum absolute atomic E-state index is 13.3. The molecule has 170 valence electrons. The van der Waals surface area contributed by atoms with Crippen molar-refractivity contribution in [2.75, 3.05) is 24.0 Å². The Morgan fingerprint density at radius 1 is 1.03 bits per heavy atom. The highest BCUT2D eigenvalue weighted by atomic mass is 32.2. The Morgan fingerprint density at radius 3 is 2.52 bits per heavy atom. The van der Waals surface area contributed by atoms with Crippen LogP contribution in [0.3, 0.4) is 0 Å². The van der Waals surface area contributed by atoms with Gasteiger partial charge in [-0.05, 0) is 66.5 Å². The second kappa shape index (κ2) is 11.6. The number of rotatable bonds is 10. The van der Waals surface area contributed by atoms with Crippen molar-refractivity contribution in [2.45, 2.75) is 29.2 Å².